The molecule has 0 spiro atoms. The maximum Gasteiger partial charge on any atom is 0.133 e. The van der Waals surface area contributed by atoms with Gasteiger partial charge in [0.15, 0.2) is 0 Å². The lowest BCUT2D eigenvalue weighted by Gasteiger charge is -2.15. The molecule has 0 aromatic heterocycles. The molecule has 0 aliphatic heterocycles. The molecule has 0 radical (unpaired) electrons. The van der Waals surface area contributed by atoms with Gasteiger partial charge in [0.25, 0.3) is 0 Å². The third-order valence-electron chi connectivity index (χ3n) is 2.58. The maximum absolute atomic E-state index is 9.96. The van der Waals surface area contributed by atoms with Crippen molar-refractivity contribution in [1.82, 2.24) is 0 Å². The fourth-order valence-electron chi connectivity index (χ4n) is 1.64. The predicted octanol–water partition coefficient (Wildman–Crippen LogP) is 4.18. The van der Waals surface area contributed by atoms with E-state index in [-0.39, 0.29) is 6.04 Å². The summed E-state index contributed by atoms with van der Waals surface area (Å²) in [6.07, 6.45) is 4.47. The fraction of sp³-hybridized carbons (Fsp3) is 0.500. The van der Waals surface area contributed by atoms with E-state index in [0.29, 0.717) is 5.75 Å². The highest BCUT2D eigenvalue weighted by molar-refractivity contribution is 14.1. The topological polar surface area (TPSA) is 46.2 Å². The van der Waals surface area contributed by atoms with Crippen molar-refractivity contribution < 1.29 is 5.11 Å². The molecule has 1 aromatic carbocycles. The Balaban J connectivity index is 2.78. The molecule has 16 heavy (non-hydrogen) atoms. The number of halogens is 2. The third-order valence-corrected chi connectivity index (χ3v) is 4.02. The molecule has 0 fully saturated rings. The van der Waals surface area contributed by atoms with Crippen molar-refractivity contribution >= 4 is 45.2 Å². The summed E-state index contributed by atoms with van der Waals surface area (Å²) in [5.41, 5.74) is 6.99. The van der Waals surface area contributed by atoms with Gasteiger partial charge in [-0.05, 0) is 63.7 Å². The molecule has 0 aliphatic carbocycles. The molecule has 0 saturated carbocycles. The monoisotopic (exact) mass is 445 g/mol. The van der Waals surface area contributed by atoms with E-state index in [1.807, 2.05) is 12.1 Å². The highest BCUT2D eigenvalue weighted by atomic mass is 127. The second kappa shape index (κ2) is 7.00. The SMILES string of the molecule is CCCCC[C@@H](N)c1cc(I)cc(I)c1O. The minimum absolute atomic E-state index is 0.0465. The van der Waals surface area contributed by atoms with Crippen LogP contribution in [0.4, 0.5) is 0 Å². The highest BCUT2D eigenvalue weighted by Gasteiger charge is 2.13. The molecule has 0 saturated heterocycles. The molecule has 90 valence electrons. The zero-order valence-electron chi connectivity index (χ0n) is 9.34. The maximum atomic E-state index is 9.96. The summed E-state index contributed by atoms with van der Waals surface area (Å²) < 4.78 is 2.01. The van der Waals surface area contributed by atoms with Crippen LogP contribution in [0.3, 0.4) is 0 Å². The minimum Gasteiger partial charge on any atom is -0.506 e. The van der Waals surface area contributed by atoms with E-state index in [4.69, 9.17) is 5.73 Å². The number of hydrogen-bond donors (Lipinski definition) is 2. The fourth-order valence-corrected chi connectivity index (χ4v) is 3.53. The Hall–Kier alpha value is 0.440. The molecule has 0 aliphatic rings. The number of nitrogens with two attached hydrogens (primary N) is 1. The quantitative estimate of drug-likeness (QED) is 0.528. The van der Waals surface area contributed by atoms with Crippen LogP contribution in [0.2, 0.25) is 0 Å². The number of phenols is 1. The normalized spacial score (nSPS) is 12.8. The van der Waals surface area contributed by atoms with Crippen molar-refractivity contribution in [2.24, 2.45) is 5.73 Å². The van der Waals surface area contributed by atoms with Crippen molar-refractivity contribution in [3.8, 4) is 5.75 Å². The Morgan fingerprint density at radius 3 is 2.62 bits per heavy atom. The van der Waals surface area contributed by atoms with Gasteiger partial charge in [0.1, 0.15) is 5.75 Å². The van der Waals surface area contributed by atoms with Gasteiger partial charge in [-0.2, -0.15) is 0 Å². The van der Waals surface area contributed by atoms with Crippen LogP contribution in [0.1, 0.15) is 44.2 Å². The molecule has 0 heterocycles. The van der Waals surface area contributed by atoms with Crippen LogP contribution in [0, 0.1) is 7.14 Å². The van der Waals surface area contributed by atoms with Gasteiger partial charge in [0, 0.05) is 15.2 Å². The van der Waals surface area contributed by atoms with Crippen LogP contribution in [-0.2, 0) is 0 Å². The van der Waals surface area contributed by atoms with Gasteiger partial charge in [0.05, 0.1) is 3.57 Å². The second-order valence-corrected chi connectivity index (χ2v) is 6.34. The van der Waals surface area contributed by atoms with Gasteiger partial charge in [-0.25, -0.2) is 0 Å². The standard InChI is InChI=1S/C12H17I2NO/c1-2-3-4-5-11(15)9-6-8(13)7-10(14)12(9)16/h6-7,11,16H,2-5,15H2,1H3/t11-/m1/s1. The highest BCUT2D eigenvalue weighted by Crippen LogP contribution is 2.32. The largest absolute Gasteiger partial charge is 0.506 e. The lowest BCUT2D eigenvalue weighted by molar-refractivity contribution is 0.452. The first-order chi connectivity index (χ1) is 7.56. The second-order valence-electron chi connectivity index (χ2n) is 3.93. The van der Waals surface area contributed by atoms with Gasteiger partial charge in [-0.15, -0.1) is 0 Å². The number of hydrogen-bond acceptors (Lipinski definition) is 2. The molecule has 1 atom stereocenters. The molecule has 1 aromatic rings. The number of rotatable bonds is 5. The summed E-state index contributed by atoms with van der Waals surface area (Å²) in [5, 5.41) is 9.96. The first-order valence-electron chi connectivity index (χ1n) is 5.49. The number of benzene rings is 1. The molecule has 2 nitrogen and oxygen atoms in total. The zero-order valence-corrected chi connectivity index (χ0v) is 13.7. The van der Waals surface area contributed by atoms with Gasteiger partial charge in [-0.1, -0.05) is 26.2 Å². The predicted molar refractivity (Wildman–Crippen MR) is 84.6 cm³/mol. The summed E-state index contributed by atoms with van der Waals surface area (Å²) in [6, 6.07) is 3.89. The average molecular weight is 445 g/mol. The zero-order chi connectivity index (χ0) is 12.1. The van der Waals surface area contributed by atoms with E-state index in [1.165, 1.54) is 12.8 Å². The molecular formula is C12H17I2NO. The summed E-state index contributed by atoms with van der Waals surface area (Å²) in [4.78, 5) is 0. The lowest BCUT2D eigenvalue weighted by Crippen LogP contribution is -2.11. The number of phenolic OH excluding ortho intramolecular Hbond substituents is 1. The van der Waals surface area contributed by atoms with Crippen LogP contribution in [0.25, 0.3) is 0 Å². The molecule has 0 bridgehead atoms. The first kappa shape index (κ1) is 14.5. The molecule has 1 rings (SSSR count). The summed E-state index contributed by atoms with van der Waals surface area (Å²) in [5.74, 6) is 0.352. The average Bonchev–Trinajstić information content (AvgIpc) is 2.23. The van der Waals surface area contributed by atoms with E-state index in [9.17, 15) is 5.11 Å². The molecular weight excluding hydrogens is 428 g/mol. The van der Waals surface area contributed by atoms with Crippen LogP contribution in [0.15, 0.2) is 12.1 Å². The molecule has 0 amide bonds. The third kappa shape index (κ3) is 4.03. The Kier molecular flexibility index (Phi) is 6.35. The lowest BCUT2D eigenvalue weighted by atomic mass is 10.0. The van der Waals surface area contributed by atoms with Crippen molar-refractivity contribution in [3.63, 3.8) is 0 Å². The Morgan fingerprint density at radius 1 is 1.31 bits per heavy atom. The van der Waals surface area contributed by atoms with Crippen molar-refractivity contribution in [2.75, 3.05) is 0 Å². The first-order valence-corrected chi connectivity index (χ1v) is 7.65. The summed E-state index contributed by atoms with van der Waals surface area (Å²) in [6.45, 7) is 2.18. The van der Waals surface area contributed by atoms with E-state index in [0.717, 1.165) is 25.5 Å². The van der Waals surface area contributed by atoms with Crippen LogP contribution in [0.5, 0.6) is 5.75 Å². The molecule has 4 heteroatoms. The number of unbranched alkanes of at least 4 members (excludes halogenated alkanes) is 2. The van der Waals surface area contributed by atoms with Crippen molar-refractivity contribution in [1.29, 1.82) is 0 Å². The van der Waals surface area contributed by atoms with Crippen molar-refractivity contribution in [2.45, 2.75) is 38.6 Å². The van der Waals surface area contributed by atoms with Gasteiger partial charge in [0.2, 0.25) is 0 Å². The van der Waals surface area contributed by atoms with E-state index in [2.05, 4.69) is 52.1 Å². The summed E-state index contributed by atoms with van der Waals surface area (Å²) in [7, 11) is 0. The summed E-state index contributed by atoms with van der Waals surface area (Å²) >= 11 is 4.40. The van der Waals surface area contributed by atoms with Crippen LogP contribution in [-0.4, -0.2) is 5.11 Å². The van der Waals surface area contributed by atoms with E-state index < -0.39 is 0 Å². The Labute approximate surface area is 124 Å². The van der Waals surface area contributed by atoms with E-state index >= 15 is 0 Å². The molecule has 3 N–H and O–H groups in total. The van der Waals surface area contributed by atoms with Gasteiger partial charge >= 0.3 is 0 Å². The van der Waals surface area contributed by atoms with Crippen LogP contribution >= 0.6 is 45.2 Å². The minimum atomic E-state index is -0.0465. The smallest absolute Gasteiger partial charge is 0.133 e. The Morgan fingerprint density at radius 2 is 2.00 bits per heavy atom. The van der Waals surface area contributed by atoms with Gasteiger partial charge in [-0.3, -0.25) is 0 Å². The molecule has 0 unspecified atom stereocenters. The number of aromatic hydroxyl groups is 1. The van der Waals surface area contributed by atoms with E-state index in [1.54, 1.807) is 0 Å². The van der Waals surface area contributed by atoms with Crippen molar-refractivity contribution in [3.05, 3.63) is 24.8 Å². The van der Waals surface area contributed by atoms with Crippen LogP contribution < -0.4 is 5.73 Å². The Bertz CT molecular complexity index is 355. The van der Waals surface area contributed by atoms with Gasteiger partial charge < -0.3 is 10.8 Å².